The molecule has 0 spiro atoms. The summed E-state index contributed by atoms with van der Waals surface area (Å²) >= 11 is 7.96. The van der Waals surface area contributed by atoms with E-state index in [-0.39, 0.29) is 0 Å². The van der Waals surface area contributed by atoms with Gasteiger partial charge in [-0.3, -0.25) is 0 Å². The number of hydrogen-bond donors (Lipinski definition) is 0. The third kappa shape index (κ3) is 4.00. The van der Waals surface area contributed by atoms with Crippen molar-refractivity contribution in [2.75, 3.05) is 36.0 Å². The van der Waals surface area contributed by atoms with Gasteiger partial charge in [-0.1, -0.05) is 56.3 Å². The van der Waals surface area contributed by atoms with Crippen LogP contribution in [0.5, 0.6) is 0 Å². The van der Waals surface area contributed by atoms with Gasteiger partial charge in [-0.15, -0.1) is 11.3 Å². The number of fused-ring (bicyclic) bond motifs is 1. The fraction of sp³-hybridized carbons (Fsp3) is 0.280. The second kappa shape index (κ2) is 8.48. The van der Waals surface area contributed by atoms with Crippen LogP contribution in [0.2, 0.25) is 5.28 Å². The van der Waals surface area contributed by atoms with Gasteiger partial charge in [-0.05, 0) is 40.8 Å². The third-order valence-electron chi connectivity index (χ3n) is 5.98. The number of halogens is 1. The van der Waals surface area contributed by atoms with Gasteiger partial charge in [0.1, 0.15) is 10.6 Å². The maximum Gasteiger partial charge on any atom is 0.225 e. The van der Waals surface area contributed by atoms with Crippen molar-refractivity contribution in [3.05, 3.63) is 70.8 Å². The molecule has 0 N–H and O–H groups in total. The third-order valence-corrected chi connectivity index (χ3v) is 7.02. The largest absolute Gasteiger partial charge is 0.368 e. The van der Waals surface area contributed by atoms with Crippen molar-refractivity contribution in [3.63, 3.8) is 0 Å². The molecule has 0 aliphatic carbocycles. The zero-order valence-corrected chi connectivity index (χ0v) is 19.3. The highest BCUT2D eigenvalue weighted by Gasteiger charge is 2.23. The number of benzene rings is 2. The van der Waals surface area contributed by atoms with E-state index >= 15 is 0 Å². The van der Waals surface area contributed by atoms with Gasteiger partial charge in [0, 0.05) is 42.8 Å². The number of aromatic nitrogens is 2. The first-order valence-corrected chi connectivity index (χ1v) is 12.0. The Balaban J connectivity index is 1.48. The molecule has 5 rings (SSSR count). The Morgan fingerprint density at radius 3 is 2.23 bits per heavy atom. The Hall–Kier alpha value is -2.63. The molecule has 4 nitrogen and oxygen atoms in total. The van der Waals surface area contributed by atoms with E-state index in [4.69, 9.17) is 16.6 Å². The van der Waals surface area contributed by atoms with Crippen molar-refractivity contribution in [1.82, 2.24) is 9.97 Å². The average Bonchev–Trinajstić information content (AvgIpc) is 3.23. The number of thiophene rings is 1. The molecule has 0 bridgehead atoms. The lowest BCUT2D eigenvalue weighted by Crippen LogP contribution is -2.47. The SMILES string of the molecule is CC(C)c1ccc(-c2csc3nc(Cl)nc(N4CCN(c5ccccc5)CC4)c23)cc1. The molecular formula is C25H25ClN4S. The zero-order valence-electron chi connectivity index (χ0n) is 17.8. The first kappa shape index (κ1) is 20.3. The first-order valence-electron chi connectivity index (χ1n) is 10.7. The summed E-state index contributed by atoms with van der Waals surface area (Å²) in [6, 6.07) is 19.5. The van der Waals surface area contributed by atoms with Gasteiger partial charge in [-0.25, -0.2) is 4.98 Å². The average molecular weight is 449 g/mol. The summed E-state index contributed by atoms with van der Waals surface area (Å²) in [7, 11) is 0. The number of anilines is 2. The van der Waals surface area contributed by atoms with Gasteiger partial charge in [-0.2, -0.15) is 4.98 Å². The summed E-state index contributed by atoms with van der Waals surface area (Å²) < 4.78 is 0. The van der Waals surface area contributed by atoms with Crippen molar-refractivity contribution in [2.45, 2.75) is 19.8 Å². The lowest BCUT2D eigenvalue weighted by atomic mass is 9.99. The number of para-hydroxylation sites is 1. The number of rotatable bonds is 4. The molecule has 0 radical (unpaired) electrons. The molecule has 0 unspecified atom stereocenters. The van der Waals surface area contributed by atoms with Gasteiger partial charge in [0.05, 0.1) is 5.39 Å². The van der Waals surface area contributed by atoms with Gasteiger partial charge in [0.2, 0.25) is 5.28 Å². The smallest absolute Gasteiger partial charge is 0.225 e. The van der Waals surface area contributed by atoms with E-state index in [1.165, 1.54) is 22.4 Å². The van der Waals surface area contributed by atoms with Gasteiger partial charge < -0.3 is 9.80 Å². The van der Waals surface area contributed by atoms with Crippen LogP contribution < -0.4 is 9.80 Å². The molecule has 0 atom stereocenters. The lowest BCUT2D eigenvalue weighted by molar-refractivity contribution is 0.649. The molecule has 4 aromatic rings. The summed E-state index contributed by atoms with van der Waals surface area (Å²) in [5, 5.41) is 3.61. The van der Waals surface area contributed by atoms with Crippen molar-refractivity contribution in [3.8, 4) is 11.1 Å². The van der Waals surface area contributed by atoms with E-state index in [9.17, 15) is 0 Å². The fourth-order valence-corrected chi connectivity index (χ4v) is 5.36. The van der Waals surface area contributed by atoms with E-state index < -0.39 is 0 Å². The summed E-state index contributed by atoms with van der Waals surface area (Å²) in [6.45, 7) is 8.15. The van der Waals surface area contributed by atoms with E-state index in [0.29, 0.717) is 11.2 Å². The number of piperazine rings is 1. The van der Waals surface area contributed by atoms with Crippen LogP contribution in [0, 0.1) is 0 Å². The molecule has 6 heteroatoms. The molecule has 2 aromatic carbocycles. The van der Waals surface area contributed by atoms with Crippen LogP contribution in [0.15, 0.2) is 60.0 Å². The highest BCUT2D eigenvalue weighted by atomic mass is 35.5. The Morgan fingerprint density at radius 1 is 0.871 bits per heavy atom. The Morgan fingerprint density at radius 2 is 1.55 bits per heavy atom. The van der Waals surface area contributed by atoms with Crippen molar-refractivity contribution in [2.24, 2.45) is 0 Å². The molecule has 0 saturated carbocycles. The molecule has 31 heavy (non-hydrogen) atoms. The quantitative estimate of drug-likeness (QED) is 0.335. The molecule has 3 heterocycles. The fourth-order valence-electron chi connectivity index (χ4n) is 4.20. The number of hydrogen-bond acceptors (Lipinski definition) is 5. The van der Waals surface area contributed by atoms with Crippen LogP contribution >= 0.6 is 22.9 Å². The van der Waals surface area contributed by atoms with Crippen LogP contribution in [0.3, 0.4) is 0 Å². The van der Waals surface area contributed by atoms with Gasteiger partial charge in [0.15, 0.2) is 0 Å². The molecule has 1 aliphatic rings. The van der Waals surface area contributed by atoms with Crippen LogP contribution in [0.4, 0.5) is 11.5 Å². The van der Waals surface area contributed by atoms with Gasteiger partial charge >= 0.3 is 0 Å². The molecule has 1 aliphatic heterocycles. The zero-order chi connectivity index (χ0) is 21.4. The van der Waals surface area contributed by atoms with Crippen molar-refractivity contribution in [1.29, 1.82) is 0 Å². The Labute approximate surface area is 192 Å². The summed E-state index contributed by atoms with van der Waals surface area (Å²) in [4.78, 5) is 14.9. The second-order valence-corrected chi connectivity index (χ2v) is 9.43. The minimum Gasteiger partial charge on any atom is -0.368 e. The summed E-state index contributed by atoms with van der Waals surface area (Å²) in [5.74, 6) is 1.47. The standard InChI is InChI=1S/C25H25ClN4S/c1-17(2)18-8-10-19(11-9-18)21-16-31-24-22(21)23(27-25(26)28-24)30-14-12-29(13-15-30)20-6-4-3-5-7-20/h3-11,16-17H,12-15H2,1-2H3. The van der Waals surface area contributed by atoms with Gasteiger partial charge in [0.25, 0.3) is 0 Å². The van der Waals surface area contributed by atoms with Crippen LogP contribution in [0.1, 0.15) is 25.3 Å². The number of nitrogens with zero attached hydrogens (tertiary/aromatic N) is 4. The van der Waals surface area contributed by atoms with E-state index in [2.05, 4.69) is 88.6 Å². The molecule has 2 aromatic heterocycles. The predicted molar refractivity (Wildman–Crippen MR) is 133 cm³/mol. The summed E-state index contributed by atoms with van der Waals surface area (Å²) in [5.41, 5.74) is 5.01. The summed E-state index contributed by atoms with van der Waals surface area (Å²) in [6.07, 6.45) is 0. The molecule has 158 valence electrons. The van der Waals surface area contributed by atoms with E-state index in [0.717, 1.165) is 42.2 Å². The van der Waals surface area contributed by atoms with Crippen LogP contribution in [0.25, 0.3) is 21.3 Å². The second-order valence-electron chi connectivity index (χ2n) is 8.23. The minimum atomic E-state index is 0.316. The predicted octanol–water partition coefficient (Wildman–Crippen LogP) is 6.46. The molecule has 0 amide bonds. The van der Waals surface area contributed by atoms with Crippen LogP contribution in [-0.2, 0) is 0 Å². The Kier molecular flexibility index (Phi) is 5.55. The molecule has 1 saturated heterocycles. The normalized spacial score (nSPS) is 14.6. The first-order chi connectivity index (χ1) is 15.1. The maximum atomic E-state index is 6.33. The molecular weight excluding hydrogens is 424 g/mol. The van der Waals surface area contributed by atoms with Crippen molar-refractivity contribution >= 4 is 44.7 Å². The monoisotopic (exact) mass is 448 g/mol. The van der Waals surface area contributed by atoms with Crippen molar-refractivity contribution < 1.29 is 0 Å². The Bertz CT molecular complexity index is 1180. The topological polar surface area (TPSA) is 32.3 Å². The van der Waals surface area contributed by atoms with E-state index in [1.807, 2.05) is 0 Å². The highest BCUT2D eigenvalue weighted by Crippen LogP contribution is 2.39. The van der Waals surface area contributed by atoms with Crippen LogP contribution in [-0.4, -0.2) is 36.1 Å². The lowest BCUT2D eigenvalue weighted by Gasteiger charge is -2.37. The molecule has 1 fully saturated rings. The minimum absolute atomic E-state index is 0.316. The maximum absolute atomic E-state index is 6.33. The van der Waals surface area contributed by atoms with E-state index in [1.54, 1.807) is 11.3 Å². The highest BCUT2D eigenvalue weighted by molar-refractivity contribution is 7.17.